The first-order valence-corrected chi connectivity index (χ1v) is 11.5. The van der Waals surface area contributed by atoms with Gasteiger partial charge in [0.1, 0.15) is 6.61 Å². The second-order valence-corrected chi connectivity index (χ2v) is 9.01. The molecule has 0 aliphatic heterocycles. The van der Waals surface area contributed by atoms with Crippen molar-refractivity contribution in [1.29, 1.82) is 0 Å². The van der Waals surface area contributed by atoms with Crippen LogP contribution in [0, 0.1) is 11.8 Å². The number of carboxylic acids is 1. The maximum Gasteiger partial charge on any atom is 0.407 e. The molecule has 2 aromatic rings. The van der Waals surface area contributed by atoms with Gasteiger partial charge in [0.2, 0.25) is 5.91 Å². The standard InChI is InChI=1S/C26H30N2O5/c1-16(13-24(29)30)28-25(31)18-12-6-7-17(18)14-27-26(32)33-15-23-21-10-4-2-8-19(21)20-9-3-5-11-22(20)23/h2-5,8-11,16-18,23H,6-7,12-15H2,1H3,(H,27,32)(H,28,31)(H,29,30)/t16?,17-,18-/m0/s1. The van der Waals surface area contributed by atoms with Crippen molar-refractivity contribution >= 4 is 18.0 Å². The monoisotopic (exact) mass is 450 g/mol. The minimum absolute atomic E-state index is 0.00359. The van der Waals surface area contributed by atoms with E-state index in [2.05, 4.69) is 34.9 Å². The molecule has 33 heavy (non-hydrogen) atoms. The number of carboxylic acid groups (broad SMARTS) is 1. The summed E-state index contributed by atoms with van der Waals surface area (Å²) in [5.41, 5.74) is 4.68. The predicted molar refractivity (Wildman–Crippen MR) is 124 cm³/mol. The van der Waals surface area contributed by atoms with Crippen LogP contribution in [-0.4, -0.2) is 42.3 Å². The summed E-state index contributed by atoms with van der Waals surface area (Å²) in [6.45, 7) is 2.30. The van der Waals surface area contributed by atoms with Crippen LogP contribution >= 0.6 is 0 Å². The summed E-state index contributed by atoms with van der Waals surface area (Å²) in [5.74, 6) is -1.29. The fourth-order valence-corrected chi connectivity index (χ4v) is 5.15. The van der Waals surface area contributed by atoms with Crippen molar-refractivity contribution < 1.29 is 24.2 Å². The normalized spacial score (nSPS) is 19.9. The topological polar surface area (TPSA) is 105 Å². The Morgan fingerprint density at radius 3 is 2.30 bits per heavy atom. The molecule has 3 atom stereocenters. The highest BCUT2D eigenvalue weighted by Crippen LogP contribution is 2.44. The molecular weight excluding hydrogens is 420 g/mol. The second kappa shape index (κ2) is 10.1. The molecule has 174 valence electrons. The van der Waals surface area contributed by atoms with Crippen LogP contribution in [0.1, 0.15) is 49.7 Å². The molecule has 7 nitrogen and oxygen atoms in total. The van der Waals surface area contributed by atoms with Gasteiger partial charge in [-0.25, -0.2) is 4.79 Å². The first-order chi connectivity index (χ1) is 15.9. The summed E-state index contributed by atoms with van der Waals surface area (Å²) < 4.78 is 5.59. The quantitative estimate of drug-likeness (QED) is 0.565. The van der Waals surface area contributed by atoms with Gasteiger partial charge in [-0.3, -0.25) is 9.59 Å². The lowest BCUT2D eigenvalue weighted by molar-refractivity contribution is -0.137. The Morgan fingerprint density at radius 1 is 1.03 bits per heavy atom. The Labute approximate surface area is 193 Å². The molecule has 0 aromatic heterocycles. The average Bonchev–Trinajstić information content (AvgIpc) is 3.38. The van der Waals surface area contributed by atoms with E-state index in [0.29, 0.717) is 6.54 Å². The van der Waals surface area contributed by atoms with E-state index in [-0.39, 0.29) is 36.7 Å². The van der Waals surface area contributed by atoms with E-state index < -0.39 is 18.1 Å². The van der Waals surface area contributed by atoms with Crippen LogP contribution in [-0.2, 0) is 14.3 Å². The number of rotatable bonds is 8. The van der Waals surface area contributed by atoms with E-state index in [9.17, 15) is 14.4 Å². The highest BCUT2D eigenvalue weighted by Gasteiger charge is 2.34. The van der Waals surface area contributed by atoms with Crippen LogP contribution in [0.3, 0.4) is 0 Å². The number of amides is 2. The molecular formula is C26H30N2O5. The van der Waals surface area contributed by atoms with E-state index in [1.807, 2.05) is 24.3 Å². The number of fused-ring (bicyclic) bond motifs is 3. The minimum Gasteiger partial charge on any atom is -0.481 e. The SMILES string of the molecule is CC(CC(=O)O)NC(=O)[C@H]1CCC[C@H]1CNC(=O)OCC1c2ccccc2-c2ccccc21. The van der Waals surface area contributed by atoms with Gasteiger partial charge in [0.05, 0.1) is 6.42 Å². The molecule has 1 saturated carbocycles. The first-order valence-electron chi connectivity index (χ1n) is 11.5. The van der Waals surface area contributed by atoms with Crippen LogP contribution in [0.15, 0.2) is 48.5 Å². The molecule has 0 radical (unpaired) electrons. The van der Waals surface area contributed by atoms with Gasteiger partial charge in [0.25, 0.3) is 0 Å². The zero-order valence-corrected chi connectivity index (χ0v) is 18.8. The van der Waals surface area contributed by atoms with Gasteiger partial charge in [0, 0.05) is 24.4 Å². The third-order valence-corrected chi connectivity index (χ3v) is 6.72. The molecule has 0 bridgehead atoms. The van der Waals surface area contributed by atoms with Crippen LogP contribution < -0.4 is 10.6 Å². The third kappa shape index (κ3) is 5.18. The molecule has 2 aliphatic carbocycles. The number of carbonyl (C=O) groups is 3. The second-order valence-electron chi connectivity index (χ2n) is 9.01. The number of benzene rings is 2. The molecule has 4 rings (SSSR count). The van der Waals surface area contributed by atoms with E-state index in [1.165, 1.54) is 11.1 Å². The lowest BCUT2D eigenvalue weighted by atomic mass is 9.94. The first kappa shape index (κ1) is 22.8. The van der Waals surface area contributed by atoms with Gasteiger partial charge in [-0.2, -0.15) is 0 Å². The highest BCUT2D eigenvalue weighted by molar-refractivity contribution is 5.81. The molecule has 3 N–H and O–H groups in total. The smallest absolute Gasteiger partial charge is 0.407 e. The number of alkyl carbamates (subject to hydrolysis) is 1. The number of carbonyl (C=O) groups excluding carboxylic acids is 2. The number of hydrogen-bond donors (Lipinski definition) is 3. The van der Waals surface area contributed by atoms with E-state index in [0.717, 1.165) is 30.4 Å². The van der Waals surface area contributed by atoms with Crippen molar-refractivity contribution in [3.8, 4) is 11.1 Å². The van der Waals surface area contributed by atoms with E-state index in [4.69, 9.17) is 9.84 Å². The van der Waals surface area contributed by atoms with Crippen molar-refractivity contribution in [3.05, 3.63) is 59.7 Å². The van der Waals surface area contributed by atoms with Gasteiger partial charge in [-0.1, -0.05) is 55.0 Å². The van der Waals surface area contributed by atoms with Gasteiger partial charge in [0.15, 0.2) is 0 Å². The number of nitrogens with one attached hydrogen (secondary N) is 2. The van der Waals surface area contributed by atoms with Gasteiger partial charge < -0.3 is 20.5 Å². The van der Waals surface area contributed by atoms with Gasteiger partial charge in [-0.05, 0) is 47.9 Å². The lowest BCUT2D eigenvalue weighted by Gasteiger charge is -2.22. The molecule has 0 spiro atoms. The number of hydrogen-bond acceptors (Lipinski definition) is 4. The largest absolute Gasteiger partial charge is 0.481 e. The molecule has 0 heterocycles. The summed E-state index contributed by atoms with van der Waals surface area (Å²) in [6.07, 6.45) is 1.89. The molecule has 1 fully saturated rings. The molecule has 1 unspecified atom stereocenters. The lowest BCUT2D eigenvalue weighted by Crippen LogP contribution is -2.42. The maximum absolute atomic E-state index is 12.6. The van der Waals surface area contributed by atoms with E-state index >= 15 is 0 Å². The Bertz CT molecular complexity index is 991. The Balaban J connectivity index is 1.29. The zero-order valence-electron chi connectivity index (χ0n) is 18.8. The summed E-state index contributed by atoms with van der Waals surface area (Å²) in [6, 6.07) is 16.0. The third-order valence-electron chi connectivity index (χ3n) is 6.72. The van der Waals surface area contributed by atoms with Crippen molar-refractivity contribution in [3.63, 3.8) is 0 Å². The summed E-state index contributed by atoms with van der Waals surface area (Å²) >= 11 is 0. The average molecular weight is 451 g/mol. The van der Waals surface area contributed by atoms with Gasteiger partial charge >= 0.3 is 12.1 Å². The van der Waals surface area contributed by atoms with Crippen molar-refractivity contribution in [1.82, 2.24) is 10.6 Å². The minimum atomic E-state index is -0.942. The maximum atomic E-state index is 12.6. The predicted octanol–water partition coefficient (Wildman–Crippen LogP) is 3.92. The Hall–Kier alpha value is -3.35. The Kier molecular flexibility index (Phi) is 6.96. The van der Waals surface area contributed by atoms with Crippen molar-refractivity contribution in [2.24, 2.45) is 11.8 Å². The van der Waals surface area contributed by atoms with Gasteiger partial charge in [-0.15, -0.1) is 0 Å². The van der Waals surface area contributed by atoms with Crippen molar-refractivity contribution in [2.45, 2.75) is 44.6 Å². The van der Waals surface area contributed by atoms with Crippen molar-refractivity contribution in [2.75, 3.05) is 13.2 Å². The number of aliphatic carboxylic acids is 1. The molecule has 2 aromatic carbocycles. The van der Waals surface area contributed by atoms with Crippen LogP contribution in [0.2, 0.25) is 0 Å². The number of ether oxygens (including phenoxy) is 1. The summed E-state index contributed by atoms with van der Waals surface area (Å²) in [5, 5.41) is 14.5. The van der Waals surface area contributed by atoms with Crippen LogP contribution in [0.4, 0.5) is 4.79 Å². The summed E-state index contributed by atoms with van der Waals surface area (Å²) in [4.78, 5) is 35.9. The summed E-state index contributed by atoms with van der Waals surface area (Å²) in [7, 11) is 0. The zero-order chi connectivity index (χ0) is 23.4. The fraction of sp³-hybridized carbons (Fsp3) is 0.423. The molecule has 2 amide bonds. The van der Waals surface area contributed by atoms with Crippen LogP contribution in [0.25, 0.3) is 11.1 Å². The Morgan fingerprint density at radius 2 is 1.67 bits per heavy atom. The molecule has 2 aliphatic rings. The molecule has 7 heteroatoms. The molecule has 0 saturated heterocycles. The fourth-order valence-electron chi connectivity index (χ4n) is 5.15. The van der Waals surface area contributed by atoms with Crippen LogP contribution in [0.5, 0.6) is 0 Å². The highest BCUT2D eigenvalue weighted by atomic mass is 16.5. The van der Waals surface area contributed by atoms with E-state index in [1.54, 1.807) is 6.92 Å².